The fourth-order valence-electron chi connectivity index (χ4n) is 4.10. The number of thiazole rings is 1. The molecule has 0 spiro atoms. The first-order valence-corrected chi connectivity index (χ1v) is 10.8. The maximum Gasteiger partial charge on any atom is 0.275 e. The monoisotopic (exact) mass is 445 g/mol. The number of nitro benzene ring substituents is 1. The molecule has 8 heteroatoms. The van der Waals surface area contributed by atoms with E-state index in [0.29, 0.717) is 32.1 Å². The highest BCUT2D eigenvalue weighted by molar-refractivity contribution is 7.15. The van der Waals surface area contributed by atoms with Crippen LogP contribution in [-0.4, -0.2) is 14.3 Å². The molecule has 5 rings (SSSR count). The molecule has 160 valence electrons. The SMILES string of the molecule is Cc1cc(-c2ccc(C=c3sc4nc5c(C)cc(C)cc5n4c3=O)o2)c(C)c([N+](=O)[O-])c1. The van der Waals surface area contributed by atoms with Crippen LogP contribution in [0.5, 0.6) is 0 Å². The molecular formula is C24H19N3O4S. The lowest BCUT2D eigenvalue weighted by atomic mass is 10.0. The van der Waals surface area contributed by atoms with Gasteiger partial charge in [-0.1, -0.05) is 17.4 Å². The number of aromatic nitrogens is 2. The maximum absolute atomic E-state index is 13.1. The van der Waals surface area contributed by atoms with Gasteiger partial charge in [-0.05, 0) is 68.7 Å². The van der Waals surface area contributed by atoms with E-state index in [1.165, 1.54) is 11.3 Å². The van der Waals surface area contributed by atoms with Crippen LogP contribution in [0.15, 0.2) is 45.6 Å². The largest absolute Gasteiger partial charge is 0.457 e. The lowest BCUT2D eigenvalue weighted by Crippen LogP contribution is -2.22. The standard InChI is InChI=1S/C24H19N3O4S/c1-12-7-14(3)22-19(10-12)26-23(28)21(32-24(26)25-22)11-16-5-6-20(31-16)17-8-13(2)9-18(15(17)4)27(29)30/h5-11H,1-4H3. The van der Waals surface area contributed by atoms with Crippen molar-refractivity contribution in [2.24, 2.45) is 0 Å². The quantitative estimate of drug-likeness (QED) is 0.292. The fourth-order valence-corrected chi connectivity index (χ4v) is 5.06. The van der Waals surface area contributed by atoms with Crippen molar-refractivity contribution >= 4 is 39.1 Å². The van der Waals surface area contributed by atoms with E-state index in [0.717, 1.165) is 27.7 Å². The Hall–Kier alpha value is -3.78. The molecule has 0 amide bonds. The van der Waals surface area contributed by atoms with E-state index in [1.54, 1.807) is 35.6 Å². The van der Waals surface area contributed by atoms with Crippen molar-refractivity contribution in [3.05, 3.63) is 89.4 Å². The molecule has 0 aliphatic carbocycles. The van der Waals surface area contributed by atoms with Crippen LogP contribution in [-0.2, 0) is 0 Å². The van der Waals surface area contributed by atoms with E-state index < -0.39 is 0 Å². The molecule has 0 saturated heterocycles. The van der Waals surface area contributed by atoms with Crippen molar-refractivity contribution < 1.29 is 9.34 Å². The predicted molar refractivity (Wildman–Crippen MR) is 125 cm³/mol. The summed E-state index contributed by atoms with van der Waals surface area (Å²) < 4.78 is 8.12. The smallest absolute Gasteiger partial charge is 0.275 e. The van der Waals surface area contributed by atoms with Gasteiger partial charge < -0.3 is 4.42 Å². The predicted octanol–water partition coefficient (Wildman–Crippen LogP) is 4.86. The second-order valence-electron chi connectivity index (χ2n) is 8.01. The van der Waals surface area contributed by atoms with E-state index in [9.17, 15) is 14.9 Å². The van der Waals surface area contributed by atoms with Crippen LogP contribution in [0.25, 0.3) is 33.4 Å². The summed E-state index contributed by atoms with van der Waals surface area (Å²) in [6.45, 7) is 7.51. The highest BCUT2D eigenvalue weighted by Gasteiger charge is 2.18. The maximum atomic E-state index is 13.1. The number of nitrogens with zero attached hydrogens (tertiary/aromatic N) is 3. The van der Waals surface area contributed by atoms with E-state index in [2.05, 4.69) is 11.1 Å². The molecule has 0 saturated carbocycles. The number of hydrogen-bond donors (Lipinski definition) is 0. The number of nitro groups is 1. The van der Waals surface area contributed by atoms with E-state index in [4.69, 9.17) is 4.42 Å². The summed E-state index contributed by atoms with van der Waals surface area (Å²) >= 11 is 1.31. The molecular weight excluding hydrogens is 426 g/mol. The minimum atomic E-state index is -0.388. The van der Waals surface area contributed by atoms with Gasteiger partial charge in [-0.15, -0.1) is 0 Å². The molecule has 0 unspecified atom stereocenters. The van der Waals surface area contributed by atoms with E-state index in [1.807, 2.05) is 32.9 Å². The third-order valence-corrected chi connectivity index (χ3v) is 6.54. The first-order valence-electron chi connectivity index (χ1n) is 10.0. The Kier molecular flexibility index (Phi) is 4.49. The molecule has 3 aromatic heterocycles. The number of fused-ring (bicyclic) bond motifs is 3. The van der Waals surface area contributed by atoms with E-state index in [-0.39, 0.29) is 16.2 Å². The van der Waals surface area contributed by atoms with Gasteiger partial charge in [0.25, 0.3) is 11.2 Å². The summed E-state index contributed by atoms with van der Waals surface area (Å²) in [7, 11) is 0. The van der Waals surface area contributed by atoms with Gasteiger partial charge >= 0.3 is 0 Å². The van der Waals surface area contributed by atoms with Crippen molar-refractivity contribution in [3.63, 3.8) is 0 Å². The zero-order valence-corrected chi connectivity index (χ0v) is 18.7. The number of benzene rings is 2. The molecule has 0 fully saturated rings. The van der Waals surface area contributed by atoms with Gasteiger partial charge in [0, 0.05) is 23.3 Å². The number of imidazole rings is 1. The van der Waals surface area contributed by atoms with Gasteiger partial charge in [0.15, 0.2) is 4.96 Å². The summed E-state index contributed by atoms with van der Waals surface area (Å²) in [4.78, 5) is 29.4. The lowest BCUT2D eigenvalue weighted by Gasteiger charge is -2.05. The Bertz CT molecular complexity index is 1670. The van der Waals surface area contributed by atoms with Gasteiger partial charge in [-0.3, -0.25) is 14.9 Å². The van der Waals surface area contributed by atoms with Gasteiger partial charge in [-0.2, -0.15) is 0 Å². The molecule has 2 aromatic carbocycles. The normalized spacial score (nSPS) is 12.3. The molecule has 0 aliphatic heterocycles. The summed E-state index contributed by atoms with van der Waals surface area (Å²) in [6, 6.07) is 11.0. The molecule has 0 atom stereocenters. The fraction of sp³-hybridized carbons (Fsp3) is 0.167. The zero-order valence-electron chi connectivity index (χ0n) is 17.9. The third-order valence-electron chi connectivity index (χ3n) is 5.57. The van der Waals surface area contributed by atoms with Crippen LogP contribution in [0.4, 0.5) is 5.69 Å². The third kappa shape index (κ3) is 3.11. The van der Waals surface area contributed by atoms with Crippen molar-refractivity contribution in [1.29, 1.82) is 0 Å². The molecule has 3 heterocycles. The number of hydrogen-bond acceptors (Lipinski definition) is 6. The highest BCUT2D eigenvalue weighted by Crippen LogP contribution is 2.32. The van der Waals surface area contributed by atoms with Gasteiger partial charge in [0.2, 0.25) is 0 Å². The number of aryl methyl sites for hydroxylation is 3. The second-order valence-corrected chi connectivity index (χ2v) is 9.02. The van der Waals surface area contributed by atoms with Crippen LogP contribution in [0.3, 0.4) is 0 Å². The minimum Gasteiger partial charge on any atom is -0.457 e. The average Bonchev–Trinajstić information content (AvgIpc) is 3.40. The molecule has 0 aliphatic rings. The Morgan fingerprint density at radius 3 is 2.59 bits per heavy atom. The topological polar surface area (TPSA) is 90.7 Å². The van der Waals surface area contributed by atoms with Crippen LogP contribution in [0, 0.1) is 37.8 Å². The average molecular weight is 446 g/mol. The lowest BCUT2D eigenvalue weighted by molar-refractivity contribution is -0.385. The molecule has 0 bridgehead atoms. The van der Waals surface area contributed by atoms with Crippen molar-refractivity contribution in [1.82, 2.24) is 9.38 Å². The molecule has 32 heavy (non-hydrogen) atoms. The Morgan fingerprint density at radius 2 is 1.84 bits per heavy atom. The molecule has 7 nitrogen and oxygen atoms in total. The van der Waals surface area contributed by atoms with Crippen LogP contribution < -0.4 is 10.1 Å². The summed E-state index contributed by atoms with van der Waals surface area (Å²) in [5, 5.41) is 11.4. The zero-order chi connectivity index (χ0) is 22.7. The van der Waals surface area contributed by atoms with Crippen molar-refractivity contribution in [2.75, 3.05) is 0 Å². The van der Waals surface area contributed by atoms with Crippen LogP contribution >= 0.6 is 11.3 Å². The Morgan fingerprint density at radius 1 is 1.09 bits per heavy atom. The number of furan rings is 1. The Labute approximate surface area is 186 Å². The highest BCUT2D eigenvalue weighted by atomic mass is 32.1. The first-order chi connectivity index (χ1) is 15.2. The van der Waals surface area contributed by atoms with E-state index >= 15 is 0 Å². The second kappa shape index (κ2) is 7.13. The summed E-state index contributed by atoms with van der Waals surface area (Å²) in [5.74, 6) is 1.02. The van der Waals surface area contributed by atoms with Gasteiger partial charge in [0.05, 0.1) is 16.0 Å². The van der Waals surface area contributed by atoms with Crippen molar-refractivity contribution in [3.8, 4) is 11.3 Å². The summed E-state index contributed by atoms with van der Waals surface area (Å²) in [5.41, 5.74) is 5.65. The molecule has 0 N–H and O–H groups in total. The summed E-state index contributed by atoms with van der Waals surface area (Å²) in [6.07, 6.45) is 1.69. The van der Waals surface area contributed by atoms with Crippen molar-refractivity contribution in [2.45, 2.75) is 27.7 Å². The van der Waals surface area contributed by atoms with Crippen LogP contribution in [0.1, 0.15) is 28.0 Å². The number of rotatable bonds is 3. The van der Waals surface area contributed by atoms with Gasteiger partial charge in [0.1, 0.15) is 16.1 Å². The molecule has 5 aromatic rings. The van der Waals surface area contributed by atoms with Crippen LogP contribution in [0.2, 0.25) is 0 Å². The Balaban J connectivity index is 1.63. The first kappa shape index (κ1) is 20.1. The minimum absolute atomic E-state index is 0.0562. The van der Waals surface area contributed by atoms with Gasteiger partial charge in [-0.25, -0.2) is 9.38 Å². The molecule has 0 radical (unpaired) electrons.